The maximum atomic E-state index is 12.1. The number of esters is 1. The van der Waals surface area contributed by atoms with Crippen molar-refractivity contribution in [2.24, 2.45) is 0 Å². The van der Waals surface area contributed by atoms with Crippen LogP contribution in [-0.2, 0) is 22.6 Å². The van der Waals surface area contributed by atoms with Gasteiger partial charge in [-0.15, -0.1) is 11.3 Å². The van der Waals surface area contributed by atoms with Gasteiger partial charge in [0.1, 0.15) is 11.6 Å². The molecule has 2 aromatic carbocycles. The van der Waals surface area contributed by atoms with Gasteiger partial charge in [-0.2, -0.15) is 0 Å². The van der Waals surface area contributed by atoms with Gasteiger partial charge in [-0.3, -0.25) is 4.79 Å². The van der Waals surface area contributed by atoms with Crippen molar-refractivity contribution in [3.05, 3.63) is 81.8 Å². The van der Waals surface area contributed by atoms with Gasteiger partial charge in [-0.1, -0.05) is 35.9 Å². The van der Waals surface area contributed by atoms with E-state index in [-0.39, 0.29) is 18.9 Å². The molecular weight excluding hydrogens is 348 g/mol. The van der Waals surface area contributed by atoms with Crippen LogP contribution in [0.1, 0.15) is 26.6 Å². The summed E-state index contributed by atoms with van der Waals surface area (Å²) in [5.74, 6) is -0.520. The molecule has 26 heavy (non-hydrogen) atoms. The van der Waals surface area contributed by atoms with Gasteiger partial charge in [0.25, 0.3) is 0 Å². The summed E-state index contributed by atoms with van der Waals surface area (Å²) in [7, 11) is 0. The highest BCUT2D eigenvalue weighted by Gasteiger charge is 2.11. The molecule has 6 heteroatoms. The first kappa shape index (κ1) is 17.8. The predicted molar refractivity (Wildman–Crippen MR) is 101 cm³/mol. The van der Waals surface area contributed by atoms with Crippen LogP contribution in [0.4, 0.5) is 5.69 Å². The first-order chi connectivity index (χ1) is 12.6. The van der Waals surface area contributed by atoms with Crippen LogP contribution in [0.3, 0.4) is 0 Å². The van der Waals surface area contributed by atoms with Crippen molar-refractivity contribution in [1.29, 1.82) is 0 Å². The fourth-order valence-corrected chi connectivity index (χ4v) is 3.05. The van der Waals surface area contributed by atoms with Crippen LogP contribution in [0.2, 0.25) is 0 Å². The first-order valence-corrected chi connectivity index (χ1v) is 9.00. The number of nitrogens with one attached hydrogen (secondary N) is 1. The molecule has 0 aliphatic heterocycles. The number of aromatic nitrogens is 1. The summed E-state index contributed by atoms with van der Waals surface area (Å²) in [5, 5.41) is 5.32. The molecular formula is C20H18N2O3S. The lowest BCUT2D eigenvalue weighted by Crippen LogP contribution is -2.14. The first-order valence-electron chi connectivity index (χ1n) is 8.12. The largest absolute Gasteiger partial charge is 0.456 e. The molecule has 1 amide bonds. The molecule has 1 heterocycles. The molecule has 3 aromatic rings. The van der Waals surface area contributed by atoms with E-state index in [9.17, 15) is 9.59 Å². The molecule has 1 aromatic heterocycles. The van der Waals surface area contributed by atoms with Gasteiger partial charge >= 0.3 is 5.97 Å². The van der Waals surface area contributed by atoms with Crippen molar-refractivity contribution < 1.29 is 14.3 Å². The second-order valence-corrected chi connectivity index (χ2v) is 6.71. The lowest BCUT2D eigenvalue weighted by molar-refractivity contribution is -0.115. The molecule has 0 radical (unpaired) electrons. The van der Waals surface area contributed by atoms with Crippen molar-refractivity contribution in [1.82, 2.24) is 4.98 Å². The van der Waals surface area contributed by atoms with E-state index < -0.39 is 5.97 Å². The van der Waals surface area contributed by atoms with Crippen LogP contribution in [-0.4, -0.2) is 16.9 Å². The Morgan fingerprint density at radius 3 is 2.54 bits per heavy atom. The molecule has 0 fully saturated rings. The van der Waals surface area contributed by atoms with Crippen LogP contribution >= 0.6 is 11.3 Å². The average Bonchev–Trinajstić information content (AvgIpc) is 3.09. The number of aryl methyl sites for hydroxylation is 1. The number of hydrogen-bond donors (Lipinski definition) is 1. The Kier molecular flexibility index (Phi) is 5.76. The van der Waals surface area contributed by atoms with Crippen molar-refractivity contribution in [2.45, 2.75) is 20.0 Å². The standard InChI is InChI=1S/C20H18N2O3S/c1-14-7-9-16(10-8-14)21-18(23)11-19-22-17(13-26-19)12-25-20(24)15-5-3-2-4-6-15/h2-10,13H,11-12H2,1H3,(H,21,23). The molecule has 0 spiro atoms. The van der Waals surface area contributed by atoms with Crippen molar-refractivity contribution in [3.8, 4) is 0 Å². The molecule has 0 aliphatic carbocycles. The number of anilines is 1. The topological polar surface area (TPSA) is 68.3 Å². The van der Waals surface area contributed by atoms with Gasteiger partial charge in [0, 0.05) is 11.1 Å². The van der Waals surface area contributed by atoms with Crippen molar-refractivity contribution >= 4 is 28.9 Å². The van der Waals surface area contributed by atoms with E-state index in [1.165, 1.54) is 11.3 Å². The normalized spacial score (nSPS) is 10.3. The number of ether oxygens (including phenoxy) is 1. The number of amides is 1. The summed E-state index contributed by atoms with van der Waals surface area (Å²) in [6.45, 7) is 2.08. The Morgan fingerprint density at radius 2 is 1.81 bits per heavy atom. The molecule has 0 saturated carbocycles. The Labute approximate surface area is 155 Å². The Hall–Kier alpha value is -2.99. The zero-order chi connectivity index (χ0) is 18.4. The molecule has 0 aliphatic rings. The molecule has 0 atom stereocenters. The fraction of sp³-hybridized carbons (Fsp3) is 0.150. The van der Waals surface area contributed by atoms with E-state index >= 15 is 0 Å². The zero-order valence-electron chi connectivity index (χ0n) is 14.3. The van der Waals surface area contributed by atoms with Crippen LogP contribution < -0.4 is 5.32 Å². The second-order valence-electron chi connectivity index (χ2n) is 5.77. The number of carbonyl (C=O) groups is 2. The smallest absolute Gasteiger partial charge is 0.338 e. The lowest BCUT2D eigenvalue weighted by atomic mass is 10.2. The maximum absolute atomic E-state index is 12.1. The molecule has 3 rings (SSSR count). The van der Waals surface area contributed by atoms with Gasteiger partial charge in [0.15, 0.2) is 0 Å². The minimum absolute atomic E-state index is 0.0871. The van der Waals surface area contributed by atoms with Gasteiger partial charge < -0.3 is 10.1 Å². The SMILES string of the molecule is Cc1ccc(NC(=O)Cc2nc(COC(=O)c3ccccc3)cs2)cc1. The van der Waals surface area contributed by atoms with E-state index in [0.29, 0.717) is 16.3 Å². The fourth-order valence-electron chi connectivity index (χ4n) is 2.27. The van der Waals surface area contributed by atoms with Crippen molar-refractivity contribution in [2.75, 3.05) is 5.32 Å². The van der Waals surface area contributed by atoms with Crippen LogP contribution in [0.5, 0.6) is 0 Å². The summed E-state index contributed by atoms with van der Waals surface area (Å²) in [4.78, 5) is 28.4. The minimum atomic E-state index is -0.391. The number of nitrogens with zero attached hydrogens (tertiary/aromatic N) is 1. The third kappa shape index (κ3) is 5.00. The maximum Gasteiger partial charge on any atom is 0.338 e. The Morgan fingerprint density at radius 1 is 1.08 bits per heavy atom. The van der Waals surface area contributed by atoms with E-state index in [4.69, 9.17) is 4.74 Å². The summed E-state index contributed by atoms with van der Waals surface area (Å²) < 4.78 is 5.24. The van der Waals surface area contributed by atoms with Gasteiger partial charge in [-0.25, -0.2) is 9.78 Å². The van der Waals surface area contributed by atoms with Gasteiger partial charge in [-0.05, 0) is 31.2 Å². The highest BCUT2D eigenvalue weighted by molar-refractivity contribution is 7.09. The molecule has 132 valence electrons. The van der Waals surface area contributed by atoms with E-state index in [1.807, 2.05) is 37.3 Å². The summed E-state index contributed by atoms with van der Waals surface area (Å²) in [6, 6.07) is 16.4. The quantitative estimate of drug-likeness (QED) is 0.670. The van der Waals surface area contributed by atoms with Crippen LogP contribution in [0.15, 0.2) is 60.0 Å². The summed E-state index contributed by atoms with van der Waals surface area (Å²) in [6.07, 6.45) is 0.186. The predicted octanol–water partition coefficient (Wildman–Crippen LogP) is 3.99. The molecule has 0 unspecified atom stereocenters. The number of carbonyl (C=O) groups excluding carboxylic acids is 2. The van der Waals surface area contributed by atoms with E-state index in [2.05, 4.69) is 10.3 Å². The minimum Gasteiger partial charge on any atom is -0.456 e. The third-order valence-corrected chi connectivity index (χ3v) is 4.50. The number of thiazole rings is 1. The lowest BCUT2D eigenvalue weighted by Gasteiger charge is -2.04. The van der Waals surface area contributed by atoms with Crippen molar-refractivity contribution in [3.63, 3.8) is 0 Å². The highest BCUT2D eigenvalue weighted by atomic mass is 32.1. The zero-order valence-corrected chi connectivity index (χ0v) is 15.1. The highest BCUT2D eigenvalue weighted by Crippen LogP contribution is 2.14. The van der Waals surface area contributed by atoms with E-state index in [1.54, 1.807) is 29.6 Å². The van der Waals surface area contributed by atoms with Gasteiger partial charge in [0.05, 0.1) is 17.7 Å². The third-order valence-electron chi connectivity index (χ3n) is 3.61. The van der Waals surface area contributed by atoms with E-state index in [0.717, 1.165) is 11.3 Å². The second kappa shape index (κ2) is 8.40. The Bertz CT molecular complexity index is 889. The number of rotatable bonds is 6. The average molecular weight is 366 g/mol. The molecule has 0 saturated heterocycles. The van der Waals surface area contributed by atoms with Crippen LogP contribution in [0, 0.1) is 6.92 Å². The summed E-state index contributed by atoms with van der Waals surface area (Å²) in [5.41, 5.74) is 3.03. The van der Waals surface area contributed by atoms with Gasteiger partial charge in [0.2, 0.25) is 5.91 Å². The Balaban J connectivity index is 1.50. The number of hydrogen-bond acceptors (Lipinski definition) is 5. The molecule has 0 bridgehead atoms. The molecule has 1 N–H and O–H groups in total. The monoisotopic (exact) mass is 366 g/mol. The number of benzene rings is 2. The van der Waals surface area contributed by atoms with Crippen LogP contribution in [0.25, 0.3) is 0 Å². The molecule has 5 nitrogen and oxygen atoms in total. The summed E-state index contributed by atoms with van der Waals surface area (Å²) >= 11 is 1.38.